The number of benzene rings is 2. The van der Waals surface area contributed by atoms with E-state index >= 15 is 0 Å². The van der Waals surface area contributed by atoms with E-state index in [2.05, 4.69) is 20.9 Å². The average molecular weight is 677 g/mol. The predicted octanol–water partition coefficient (Wildman–Crippen LogP) is 6.56. The second-order valence-corrected chi connectivity index (χ2v) is 10.1. The van der Waals surface area contributed by atoms with Gasteiger partial charge in [-0.05, 0) is 54.1 Å². The van der Waals surface area contributed by atoms with E-state index in [1.54, 1.807) is 0 Å². The van der Waals surface area contributed by atoms with E-state index in [4.69, 9.17) is 9.47 Å². The highest BCUT2D eigenvalue weighted by Gasteiger charge is 2.36. The number of nitrogens with one attached hydrogen (secondary N) is 3. The Morgan fingerprint density at radius 2 is 1.60 bits per heavy atom. The number of hydrogen-bond acceptors (Lipinski definition) is 6. The Balaban J connectivity index is 1.60. The zero-order chi connectivity index (χ0) is 34.4. The Morgan fingerprint density at radius 1 is 0.894 bits per heavy atom. The summed E-state index contributed by atoms with van der Waals surface area (Å²) in [6.07, 6.45) is -13.1. The SMILES string of the molecule is O=C(Nc1cccc(C(F)(F)F)c1)/C(=C/c1ccc(C(F)(F)F)nc1)C(=O)Nc1ccc(OCCC2CNCCO2)c(C(F)(F)F)c1. The Morgan fingerprint density at radius 3 is 2.17 bits per heavy atom. The smallest absolute Gasteiger partial charge is 0.433 e. The van der Waals surface area contributed by atoms with Gasteiger partial charge in [0.2, 0.25) is 0 Å². The topological polar surface area (TPSA) is 102 Å². The van der Waals surface area contributed by atoms with E-state index in [0.29, 0.717) is 44.1 Å². The first-order chi connectivity index (χ1) is 22.0. The largest absolute Gasteiger partial charge is 0.493 e. The summed E-state index contributed by atoms with van der Waals surface area (Å²) in [6, 6.07) is 7.32. The molecule has 0 saturated carbocycles. The van der Waals surface area contributed by atoms with E-state index in [-0.39, 0.29) is 24.7 Å². The molecule has 0 bridgehead atoms. The molecule has 0 radical (unpaired) electrons. The Hall–Kier alpha value is -4.64. The molecule has 0 spiro atoms. The van der Waals surface area contributed by atoms with Crippen LogP contribution in [0.4, 0.5) is 50.9 Å². The zero-order valence-electron chi connectivity index (χ0n) is 23.9. The van der Waals surface area contributed by atoms with Gasteiger partial charge in [-0.3, -0.25) is 14.6 Å². The quantitative estimate of drug-likeness (QED) is 0.103. The van der Waals surface area contributed by atoms with Gasteiger partial charge in [0.05, 0.1) is 30.4 Å². The van der Waals surface area contributed by atoms with Crippen LogP contribution in [-0.4, -0.2) is 49.2 Å². The van der Waals surface area contributed by atoms with Crippen LogP contribution in [0.3, 0.4) is 0 Å². The summed E-state index contributed by atoms with van der Waals surface area (Å²) in [4.78, 5) is 29.6. The lowest BCUT2D eigenvalue weighted by atomic mass is 10.1. The second kappa shape index (κ2) is 14.4. The number of hydrogen-bond donors (Lipinski definition) is 3. The number of aromatic nitrogens is 1. The van der Waals surface area contributed by atoms with Crippen LogP contribution < -0.4 is 20.7 Å². The fourth-order valence-corrected chi connectivity index (χ4v) is 4.29. The number of rotatable bonds is 9. The number of alkyl halides is 9. The fraction of sp³-hybridized carbons (Fsp3) is 0.300. The number of nitrogens with zero attached hydrogens (tertiary/aromatic N) is 1. The van der Waals surface area contributed by atoms with Gasteiger partial charge in [0, 0.05) is 37.1 Å². The van der Waals surface area contributed by atoms with E-state index < -0.39 is 69.9 Å². The van der Waals surface area contributed by atoms with Gasteiger partial charge < -0.3 is 25.4 Å². The number of anilines is 2. The van der Waals surface area contributed by atoms with Crippen molar-refractivity contribution in [2.75, 3.05) is 36.9 Å². The summed E-state index contributed by atoms with van der Waals surface area (Å²) >= 11 is 0. The monoisotopic (exact) mass is 676 g/mol. The molecule has 2 heterocycles. The van der Waals surface area contributed by atoms with Crippen molar-refractivity contribution in [2.45, 2.75) is 31.1 Å². The maximum absolute atomic E-state index is 13.9. The molecular formula is C30H25F9N4O4. The molecule has 1 aliphatic rings. The second-order valence-electron chi connectivity index (χ2n) is 10.1. The Kier molecular flexibility index (Phi) is 10.8. The summed E-state index contributed by atoms with van der Waals surface area (Å²) in [5.41, 5.74) is -5.62. The first kappa shape index (κ1) is 35.2. The van der Waals surface area contributed by atoms with Crippen molar-refractivity contribution in [1.29, 1.82) is 0 Å². The summed E-state index contributed by atoms with van der Waals surface area (Å²) in [7, 11) is 0. The van der Waals surface area contributed by atoms with Crippen LogP contribution in [0.2, 0.25) is 0 Å². The van der Waals surface area contributed by atoms with E-state index in [0.717, 1.165) is 42.5 Å². The molecule has 1 unspecified atom stereocenters. The third-order valence-electron chi connectivity index (χ3n) is 6.57. The van der Waals surface area contributed by atoms with Gasteiger partial charge in [0.25, 0.3) is 11.8 Å². The van der Waals surface area contributed by atoms with Gasteiger partial charge in [0.15, 0.2) is 0 Å². The van der Waals surface area contributed by atoms with E-state index in [1.807, 2.05) is 0 Å². The minimum Gasteiger partial charge on any atom is -0.493 e. The van der Waals surface area contributed by atoms with Gasteiger partial charge in [0.1, 0.15) is 17.0 Å². The third kappa shape index (κ3) is 9.92. The molecule has 2 aromatic carbocycles. The number of pyridine rings is 1. The normalized spacial score (nSPS) is 16.0. The van der Waals surface area contributed by atoms with Crippen molar-refractivity contribution in [3.8, 4) is 5.75 Å². The van der Waals surface area contributed by atoms with Crippen molar-refractivity contribution in [3.63, 3.8) is 0 Å². The summed E-state index contributed by atoms with van der Waals surface area (Å²) in [6.45, 7) is 1.47. The minimum absolute atomic E-state index is 0.120. The molecular weight excluding hydrogens is 651 g/mol. The van der Waals surface area contributed by atoms with Crippen molar-refractivity contribution >= 4 is 29.3 Å². The third-order valence-corrected chi connectivity index (χ3v) is 6.57. The molecule has 8 nitrogen and oxygen atoms in total. The van der Waals surface area contributed by atoms with Gasteiger partial charge in [-0.25, -0.2) is 0 Å². The minimum atomic E-state index is -4.94. The van der Waals surface area contributed by atoms with E-state index in [9.17, 15) is 49.1 Å². The molecule has 1 fully saturated rings. The molecule has 3 N–H and O–H groups in total. The number of carbonyl (C=O) groups excluding carboxylic acids is 2. The molecule has 1 atom stereocenters. The fourth-order valence-electron chi connectivity index (χ4n) is 4.29. The maximum atomic E-state index is 13.9. The molecule has 0 aliphatic carbocycles. The molecule has 3 aromatic rings. The van der Waals surface area contributed by atoms with Crippen LogP contribution in [0.15, 0.2) is 66.4 Å². The summed E-state index contributed by atoms with van der Waals surface area (Å²) in [5, 5.41) is 7.28. The molecule has 2 amide bonds. The maximum Gasteiger partial charge on any atom is 0.433 e. The van der Waals surface area contributed by atoms with Crippen LogP contribution in [0.5, 0.6) is 5.75 Å². The summed E-state index contributed by atoms with van der Waals surface area (Å²) in [5.74, 6) is -3.21. The van der Waals surface area contributed by atoms with E-state index in [1.165, 1.54) is 0 Å². The van der Waals surface area contributed by atoms with Gasteiger partial charge in [-0.1, -0.05) is 12.1 Å². The van der Waals surface area contributed by atoms with Crippen molar-refractivity contribution in [2.24, 2.45) is 0 Å². The van der Waals surface area contributed by atoms with Crippen molar-refractivity contribution in [3.05, 3.63) is 88.8 Å². The number of carbonyl (C=O) groups is 2. The van der Waals surface area contributed by atoms with Crippen molar-refractivity contribution < 1.29 is 58.6 Å². The van der Waals surface area contributed by atoms with Crippen molar-refractivity contribution in [1.82, 2.24) is 10.3 Å². The van der Waals surface area contributed by atoms with Crippen LogP contribution >= 0.6 is 0 Å². The molecule has 1 aromatic heterocycles. The number of morpholine rings is 1. The lowest BCUT2D eigenvalue weighted by Crippen LogP contribution is -2.39. The molecule has 252 valence electrons. The van der Waals surface area contributed by atoms with Crippen LogP contribution in [0.1, 0.15) is 28.8 Å². The number of amides is 2. The molecule has 47 heavy (non-hydrogen) atoms. The highest BCUT2D eigenvalue weighted by molar-refractivity contribution is 6.28. The lowest BCUT2D eigenvalue weighted by Gasteiger charge is -2.24. The highest BCUT2D eigenvalue weighted by atomic mass is 19.4. The number of ether oxygens (including phenoxy) is 2. The first-order valence-electron chi connectivity index (χ1n) is 13.7. The highest BCUT2D eigenvalue weighted by Crippen LogP contribution is 2.38. The summed E-state index contributed by atoms with van der Waals surface area (Å²) < 4.78 is 131. The Labute approximate surface area is 261 Å². The predicted molar refractivity (Wildman–Crippen MR) is 150 cm³/mol. The average Bonchev–Trinajstić information content (AvgIpc) is 3.00. The molecule has 17 heteroatoms. The zero-order valence-corrected chi connectivity index (χ0v) is 23.9. The standard InChI is InChI=1S/C30H25F9N4O4/c31-28(32,33)18-2-1-3-19(13-18)42-26(44)22(12-17-4-7-25(41-15-17)30(37,38)39)27(45)43-20-5-6-24(23(14-20)29(34,35)36)47-10-8-21-16-40-9-11-46-21/h1-7,12-15,21,40H,8-11,16H2,(H,42,44)(H,43,45)/b22-12-. The number of halogens is 9. The molecule has 1 aliphatic heterocycles. The Bertz CT molecular complexity index is 1600. The molecule has 1 saturated heterocycles. The lowest BCUT2D eigenvalue weighted by molar-refractivity contribution is -0.141. The van der Waals surface area contributed by atoms with Gasteiger partial charge in [-0.2, -0.15) is 39.5 Å². The van der Waals surface area contributed by atoms with Crippen LogP contribution in [0.25, 0.3) is 6.08 Å². The van der Waals surface area contributed by atoms with Gasteiger partial charge in [-0.15, -0.1) is 0 Å². The van der Waals surface area contributed by atoms with Gasteiger partial charge >= 0.3 is 18.5 Å². The van der Waals surface area contributed by atoms with Crippen LogP contribution in [-0.2, 0) is 32.9 Å². The van der Waals surface area contributed by atoms with Crippen LogP contribution in [0, 0.1) is 0 Å². The molecule has 4 rings (SSSR count). The first-order valence-corrected chi connectivity index (χ1v) is 13.7.